The van der Waals surface area contributed by atoms with Crippen molar-refractivity contribution in [3.63, 3.8) is 0 Å². The highest BCUT2D eigenvalue weighted by Gasteiger charge is 2.29. The van der Waals surface area contributed by atoms with Crippen LogP contribution >= 0.6 is 11.6 Å². The first-order valence-electron chi connectivity index (χ1n) is 8.14. The third kappa shape index (κ3) is 4.29. The van der Waals surface area contributed by atoms with Gasteiger partial charge in [0.05, 0.1) is 4.90 Å². The quantitative estimate of drug-likeness (QED) is 0.841. The molecule has 0 spiro atoms. The molecule has 1 aliphatic carbocycles. The van der Waals surface area contributed by atoms with Crippen LogP contribution in [0, 0.1) is 0 Å². The Balaban J connectivity index is 1.74. The Labute approximate surface area is 148 Å². The predicted molar refractivity (Wildman–Crippen MR) is 97.9 cm³/mol. The average Bonchev–Trinajstić information content (AvgIpc) is 2.59. The van der Waals surface area contributed by atoms with Crippen LogP contribution in [0.15, 0.2) is 59.5 Å². The fourth-order valence-corrected chi connectivity index (χ4v) is 4.53. The highest BCUT2D eigenvalue weighted by Crippen LogP contribution is 2.24. The van der Waals surface area contributed by atoms with Crippen molar-refractivity contribution in [2.75, 3.05) is 5.32 Å². The van der Waals surface area contributed by atoms with E-state index in [-0.39, 0.29) is 12.1 Å². The van der Waals surface area contributed by atoms with Crippen molar-refractivity contribution in [3.8, 4) is 0 Å². The Hall–Kier alpha value is -1.56. The Bertz CT molecular complexity index is 763. The number of benzene rings is 2. The van der Waals surface area contributed by atoms with Crippen molar-refractivity contribution < 1.29 is 8.42 Å². The zero-order valence-corrected chi connectivity index (χ0v) is 14.9. The van der Waals surface area contributed by atoms with Crippen LogP contribution in [0.25, 0.3) is 0 Å². The molecule has 1 saturated carbocycles. The summed E-state index contributed by atoms with van der Waals surface area (Å²) < 4.78 is 28.1. The molecule has 0 amide bonds. The van der Waals surface area contributed by atoms with Crippen LogP contribution in [0.5, 0.6) is 0 Å². The maximum absolute atomic E-state index is 12.6. The zero-order valence-electron chi connectivity index (χ0n) is 13.3. The molecule has 0 aromatic heterocycles. The summed E-state index contributed by atoms with van der Waals surface area (Å²) in [6.45, 7) is 0. The number of nitrogens with one attached hydrogen (secondary N) is 2. The van der Waals surface area contributed by atoms with Crippen LogP contribution < -0.4 is 10.0 Å². The monoisotopic (exact) mass is 364 g/mol. The predicted octanol–water partition coefficient (Wildman–Crippen LogP) is 4.04. The fraction of sp³-hybridized carbons (Fsp3) is 0.333. The normalized spacial score (nSPS) is 21.4. The number of anilines is 1. The molecule has 2 aromatic rings. The molecule has 2 aromatic carbocycles. The molecule has 2 N–H and O–H groups in total. The van der Waals surface area contributed by atoms with Gasteiger partial charge in [0.1, 0.15) is 0 Å². The lowest BCUT2D eigenvalue weighted by Gasteiger charge is -2.33. The van der Waals surface area contributed by atoms with Gasteiger partial charge in [-0.15, -0.1) is 0 Å². The van der Waals surface area contributed by atoms with E-state index in [1.54, 1.807) is 24.3 Å². The summed E-state index contributed by atoms with van der Waals surface area (Å²) >= 11 is 5.92. The first-order chi connectivity index (χ1) is 11.5. The van der Waals surface area contributed by atoms with Gasteiger partial charge in [-0.05, 0) is 49.2 Å². The van der Waals surface area contributed by atoms with Gasteiger partial charge in [-0.25, -0.2) is 13.1 Å². The second-order valence-corrected chi connectivity index (χ2v) is 8.23. The summed E-state index contributed by atoms with van der Waals surface area (Å²) in [6.07, 6.45) is 3.89. The van der Waals surface area contributed by atoms with E-state index in [2.05, 4.69) is 10.0 Å². The van der Waals surface area contributed by atoms with E-state index < -0.39 is 10.0 Å². The molecule has 0 heterocycles. The van der Waals surface area contributed by atoms with E-state index in [0.717, 1.165) is 31.4 Å². The Morgan fingerprint density at radius 3 is 2.17 bits per heavy atom. The molecular formula is C18H21ClN2O2S. The largest absolute Gasteiger partial charge is 0.381 e. The molecule has 0 radical (unpaired) electrons. The molecule has 0 aliphatic heterocycles. The molecule has 24 heavy (non-hydrogen) atoms. The standard InChI is InChI=1S/C18H21ClN2O2S/c19-14-10-12-15(13-11-14)20-17-8-4-5-9-18(17)21-24(22,23)16-6-2-1-3-7-16/h1-3,6-7,10-13,17-18,20-21H,4-5,8-9H2/t17-,18+/m0/s1. The maximum atomic E-state index is 12.6. The number of hydrogen-bond acceptors (Lipinski definition) is 3. The van der Waals surface area contributed by atoms with Gasteiger partial charge >= 0.3 is 0 Å². The number of rotatable bonds is 5. The second kappa shape index (κ2) is 7.55. The number of halogens is 1. The molecule has 0 saturated heterocycles. The summed E-state index contributed by atoms with van der Waals surface area (Å²) in [5.74, 6) is 0. The van der Waals surface area contributed by atoms with E-state index in [0.29, 0.717) is 9.92 Å². The lowest BCUT2D eigenvalue weighted by Crippen LogP contribution is -2.48. The van der Waals surface area contributed by atoms with Crippen molar-refractivity contribution in [3.05, 3.63) is 59.6 Å². The van der Waals surface area contributed by atoms with Crippen LogP contribution in [-0.4, -0.2) is 20.5 Å². The summed E-state index contributed by atoms with van der Waals surface area (Å²) in [4.78, 5) is 0.306. The molecule has 1 aliphatic rings. The van der Waals surface area contributed by atoms with Gasteiger partial charge in [0.2, 0.25) is 10.0 Å². The van der Waals surface area contributed by atoms with E-state index in [1.807, 2.05) is 30.3 Å². The third-order valence-electron chi connectivity index (χ3n) is 4.32. The minimum Gasteiger partial charge on any atom is -0.381 e. The van der Waals surface area contributed by atoms with E-state index >= 15 is 0 Å². The summed E-state index contributed by atoms with van der Waals surface area (Å²) in [7, 11) is -3.50. The molecule has 128 valence electrons. The second-order valence-electron chi connectivity index (χ2n) is 6.08. The molecule has 4 nitrogen and oxygen atoms in total. The summed E-state index contributed by atoms with van der Waals surface area (Å²) in [5, 5.41) is 4.13. The van der Waals surface area contributed by atoms with Crippen LogP contribution in [0.3, 0.4) is 0 Å². The van der Waals surface area contributed by atoms with Crippen molar-refractivity contribution in [2.24, 2.45) is 0 Å². The van der Waals surface area contributed by atoms with Crippen LogP contribution in [0.2, 0.25) is 5.02 Å². The lowest BCUT2D eigenvalue weighted by atomic mass is 9.91. The Morgan fingerprint density at radius 2 is 1.50 bits per heavy atom. The van der Waals surface area contributed by atoms with Gasteiger partial charge in [-0.3, -0.25) is 0 Å². The van der Waals surface area contributed by atoms with Gasteiger partial charge in [0, 0.05) is 22.8 Å². The average molecular weight is 365 g/mol. The highest BCUT2D eigenvalue weighted by molar-refractivity contribution is 7.89. The smallest absolute Gasteiger partial charge is 0.240 e. The molecule has 3 rings (SSSR count). The van der Waals surface area contributed by atoms with Crippen LogP contribution in [-0.2, 0) is 10.0 Å². The van der Waals surface area contributed by atoms with Crippen molar-refractivity contribution in [1.82, 2.24) is 4.72 Å². The topological polar surface area (TPSA) is 58.2 Å². The summed E-state index contributed by atoms with van der Waals surface area (Å²) in [6, 6.07) is 15.9. The van der Waals surface area contributed by atoms with E-state index in [1.165, 1.54) is 0 Å². The van der Waals surface area contributed by atoms with Crippen LogP contribution in [0.1, 0.15) is 25.7 Å². The van der Waals surface area contributed by atoms with Crippen molar-refractivity contribution >= 4 is 27.3 Å². The van der Waals surface area contributed by atoms with Gasteiger partial charge in [-0.2, -0.15) is 0 Å². The van der Waals surface area contributed by atoms with Crippen LogP contribution in [0.4, 0.5) is 5.69 Å². The maximum Gasteiger partial charge on any atom is 0.240 e. The third-order valence-corrected chi connectivity index (χ3v) is 6.08. The summed E-state index contributed by atoms with van der Waals surface area (Å²) in [5.41, 5.74) is 0.954. The minimum atomic E-state index is -3.50. The fourth-order valence-electron chi connectivity index (χ4n) is 3.07. The molecule has 2 atom stereocenters. The zero-order chi connectivity index (χ0) is 17.0. The SMILES string of the molecule is O=S(=O)(N[C@@H]1CCCC[C@@H]1Nc1ccc(Cl)cc1)c1ccccc1. The lowest BCUT2D eigenvalue weighted by molar-refractivity contribution is 0.378. The van der Waals surface area contributed by atoms with Crippen molar-refractivity contribution in [2.45, 2.75) is 42.7 Å². The molecular weight excluding hydrogens is 344 g/mol. The van der Waals surface area contributed by atoms with Gasteiger partial charge in [-0.1, -0.05) is 42.6 Å². The molecule has 1 fully saturated rings. The number of hydrogen-bond donors (Lipinski definition) is 2. The first kappa shape index (κ1) is 17.3. The Morgan fingerprint density at radius 1 is 0.875 bits per heavy atom. The van der Waals surface area contributed by atoms with Crippen molar-refractivity contribution in [1.29, 1.82) is 0 Å². The molecule has 6 heteroatoms. The van der Waals surface area contributed by atoms with Gasteiger partial charge < -0.3 is 5.32 Å². The van der Waals surface area contributed by atoms with Gasteiger partial charge in [0.15, 0.2) is 0 Å². The van der Waals surface area contributed by atoms with Gasteiger partial charge in [0.25, 0.3) is 0 Å². The number of sulfonamides is 1. The first-order valence-corrected chi connectivity index (χ1v) is 10.0. The molecule has 0 unspecified atom stereocenters. The molecule has 0 bridgehead atoms. The Kier molecular flexibility index (Phi) is 5.43. The van der Waals surface area contributed by atoms with E-state index in [4.69, 9.17) is 11.6 Å². The highest BCUT2D eigenvalue weighted by atomic mass is 35.5. The van der Waals surface area contributed by atoms with E-state index in [9.17, 15) is 8.42 Å². The minimum absolute atomic E-state index is 0.0680.